The molecule has 0 fully saturated rings. The lowest BCUT2D eigenvalue weighted by molar-refractivity contribution is 0.128. The van der Waals surface area contributed by atoms with E-state index in [1.807, 2.05) is 50.5 Å². The molecule has 1 radical (unpaired) electrons. The zero-order chi connectivity index (χ0) is 13.5. The fourth-order valence-electron chi connectivity index (χ4n) is 1.78. The number of rotatable bonds is 6. The molecule has 0 aliphatic rings. The zero-order valence-electron chi connectivity index (χ0n) is 10.7. The quantitative estimate of drug-likeness (QED) is 0.842. The van der Waals surface area contributed by atoms with Gasteiger partial charge in [-0.05, 0) is 17.9 Å². The summed E-state index contributed by atoms with van der Waals surface area (Å²) in [7, 11) is 0. The Morgan fingerprint density at radius 1 is 1.33 bits per heavy atom. The largest absolute Gasteiger partial charge is 0.465 e. The Kier molecular flexibility index (Phi) is 5.36. The van der Waals surface area contributed by atoms with Crippen molar-refractivity contribution in [2.75, 3.05) is 0 Å². The van der Waals surface area contributed by atoms with Gasteiger partial charge in [0.15, 0.2) is 0 Å². The maximum absolute atomic E-state index is 11.2. The van der Waals surface area contributed by atoms with Gasteiger partial charge in [0, 0.05) is 6.54 Å². The summed E-state index contributed by atoms with van der Waals surface area (Å²) in [5.74, 6) is 0.245. The fraction of sp³-hybridized carbons (Fsp3) is 0.429. The minimum absolute atomic E-state index is 0.211. The number of carbonyl (C=O) groups excluding carboxylic acids is 1. The van der Waals surface area contributed by atoms with Crippen molar-refractivity contribution in [2.45, 2.75) is 32.9 Å². The molecule has 1 N–H and O–H groups in total. The van der Waals surface area contributed by atoms with Gasteiger partial charge in [0.05, 0.1) is 0 Å². The molecule has 0 aliphatic heterocycles. The Balaban J connectivity index is 2.81. The van der Waals surface area contributed by atoms with Crippen LogP contribution in [0.1, 0.15) is 25.8 Å². The van der Waals surface area contributed by atoms with Crippen LogP contribution in [0.5, 0.6) is 0 Å². The molecule has 0 aromatic heterocycles. The predicted octanol–water partition coefficient (Wildman–Crippen LogP) is 2.69. The molecule has 0 spiro atoms. The molecule has 1 amide bonds. The molecule has 18 heavy (non-hydrogen) atoms. The number of carboxylic acid groups (broad SMARTS) is 1. The molecular formula is C14H18NO3. The molecule has 1 unspecified atom stereocenters. The maximum atomic E-state index is 11.2. The van der Waals surface area contributed by atoms with Crippen LogP contribution in [0.3, 0.4) is 0 Å². The van der Waals surface area contributed by atoms with Crippen LogP contribution in [0.15, 0.2) is 30.3 Å². The lowest BCUT2D eigenvalue weighted by Gasteiger charge is -2.26. The predicted molar refractivity (Wildman–Crippen MR) is 68.9 cm³/mol. The van der Waals surface area contributed by atoms with Gasteiger partial charge in [0.25, 0.3) is 0 Å². The topological polar surface area (TPSA) is 57.6 Å². The first-order valence-electron chi connectivity index (χ1n) is 5.95. The molecule has 0 heterocycles. The molecule has 1 rings (SSSR count). The maximum Gasteiger partial charge on any atom is 0.408 e. The molecule has 1 atom stereocenters. The number of nitrogens with zero attached hydrogens (tertiary/aromatic N) is 1. The number of carbonyl (C=O) groups is 1. The van der Waals surface area contributed by atoms with E-state index in [0.29, 0.717) is 6.42 Å². The van der Waals surface area contributed by atoms with Crippen molar-refractivity contribution in [3.8, 4) is 0 Å². The van der Waals surface area contributed by atoms with Crippen molar-refractivity contribution in [2.24, 2.45) is 5.92 Å². The molecular weight excluding hydrogens is 230 g/mol. The molecule has 0 saturated carbocycles. The first kappa shape index (κ1) is 14.2. The Hall–Kier alpha value is -1.84. The molecule has 1 aromatic carbocycles. The molecule has 0 aliphatic carbocycles. The van der Waals surface area contributed by atoms with E-state index >= 15 is 0 Å². The highest BCUT2D eigenvalue weighted by Gasteiger charge is 2.24. The summed E-state index contributed by atoms with van der Waals surface area (Å²) in [6.07, 6.45) is 1.23. The van der Waals surface area contributed by atoms with Crippen LogP contribution >= 0.6 is 0 Å². The van der Waals surface area contributed by atoms with Crippen molar-refractivity contribution >= 4 is 12.4 Å². The van der Waals surface area contributed by atoms with Crippen molar-refractivity contribution in [3.05, 3.63) is 35.9 Å². The summed E-state index contributed by atoms with van der Waals surface area (Å²) in [6.45, 7) is 4.11. The average molecular weight is 248 g/mol. The summed E-state index contributed by atoms with van der Waals surface area (Å²) in [6, 6.07) is 8.53. The minimum Gasteiger partial charge on any atom is -0.465 e. The van der Waals surface area contributed by atoms with Gasteiger partial charge in [-0.15, -0.1) is 0 Å². The normalized spacial score (nSPS) is 12.2. The Labute approximate surface area is 107 Å². The first-order valence-corrected chi connectivity index (χ1v) is 5.95. The van der Waals surface area contributed by atoms with E-state index in [1.54, 1.807) is 0 Å². The lowest BCUT2D eigenvalue weighted by atomic mass is 10.0. The van der Waals surface area contributed by atoms with Gasteiger partial charge >= 0.3 is 6.09 Å². The van der Waals surface area contributed by atoms with Crippen molar-refractivity contribution in [1.29, 1.82) is 0 Å². The molecule has 1 aromatic rings. The van der Waals surface area contributed by atoms with Gasteiger partial charge in [0.2, 0.25) is 6.29 Å². The van der Waals surface area contributed by atoms with Crippen molar-refractivity contribution in [1.82, 2.24) is 4.90 Å². The molecule has 0 saturated heterocycles. The number of hydrogen-bond acceptors (Lipinski definition) is 2. The van der Waals surface area contributed by atoms with Gasteiger partial charge in [-0.25, -0.2) is 4.79 Å². The summed E-state index contributed by atoms with van der Waals surface area (Å²) >= 11 is 0. The van der Waals surface area contributed by atoms with Crippen LogP contribution in [0.2, 0.25) is 0 Å². The van der Waals surface area contributed by atoms with Crippen LogP contribution in [0, 0.1) is 5.92 Å². The van der Waals surface area contributed by atoms with Gasteiger partial charge in [-0.2, -0.15) is 0 Å². The number of amides is 1. The highest BCUT2D eigenvalue weighted by atomic mass is 16.4. The van der Waals surface area contributed by atoms with Crippen LogP contribution in [-0.2, 0) is 11.3 Å². The van der Waals surface area contributed by atoms with Crippen molar-refractivity contribution < 1.29 is 14.7 Å². The fourth-order valence-corrected chi connectivity index (χ4v) is 1.78. The second kappa shape index (κ2) is 6.79. The van der Waals surface area contributed by atoms with Crippen LogP contribution in [0.4, 0.5) is 4.79 Å². The van der Waals surface area contributed by atoms with Crippen molar-refractivity contribution in [3.63, 3.8) is 0 Å². The van der Waals surface area contributed by atoms with Gasteiger partial charge < -0.3 is 5.11 Å². The molecule has 4 heteroatoms. The zero-order valence-corrected chi connectivity index (χ0v) is 10.7. The second-order valence-corrected chi connectivity index (χ2v) is 4.66. The second-order valence-electron chi connectivity index (χ2n) is 4.66. The molecule has 4 nitrogen and oxygen atoms in total. The molecule has 97 valence electrons. The lowest BCUT2D eigenvalue weighted by Crippen LogP contribution is -2.40. The summed E-state index contributed by atoms with van der Waals surface area (Å²) < 4.78 is 0. The minimum atomic E-state index is -1.09. The number of benzene rings is 1. The molecule has 0 bridgehead atoms. The Morgan fingerprint density at radius 2 is 1.94 bits per heavy atom. The third-order valence-corrected chi connectivity index (χ3v) is 2.65. The highest BCUT2D eigenvalue weighted by molar-refractivity contribution is 5.72. The Morgan fingerprint density at radius 3 is 2.39 bits per heavy atom. The SMILES string of the molecule is CC(C)CC([C]=O)N(Cc1ccccc1)C(=O)O. The Bertz CT molecular complexity index is 389. The van der Waals surface area contributed by atoms with E-state index in [4.69, 9.17) is 0 Å². The standard InChI is InChI=1S/C14H18NO3/c1-11(2)8-13(10-16)15(14(17)18)9-12-6-4-3-5-7-12/h3-7,11,13H,8-9H2,1-2H3,(H,17,18). The monoisotopic (exact) mass is 248 g/mol. The van der Waals surface area contributed by atoms with Crippen LogP contribution in [0.25, 0.3) is 0 Å². The third kappa shape index (κ3) is 4.20. The van der Waals surface area contributed by atoms with E-state index in [1.165, 1.54) is 0 Å². The van der Waals surface area contributed by atoms with Gasteiger partial charge in [-0.3, -0.25) is 9.69 Å². The van der Waals surface area contributed by atoms with E-state index in [2.05, 4.69) is 0 Å². The third-order valence-electron chi connectivity index (χ3n) is 2.65. The van der Waals surface area contributed by atoms with Crippen LogP contribution in [-0.4, -0.2) is 28.4 Å². The van der Waals surface area contributed by atoms with E-state index in [-0.39, 0.29) is 12.5 Å². The van der Waals surface area contributed by atoms with Gasteiger partial charge in [-0.1, -0.05) is 44.2 Å². The van der Waals surface area contributed by atoms with Crippen LogP contribution < -0.4 is 0 Å². The average Bonchev–Trinajstić information content (AvgIpc) is 2.34. The summed E-state index contributed by atoms with van der Waals surface area (Å²) in [5, 5.41) is 9.20. The van der Waals surface area contributed by atoms with E-state index in [9.17, 15) is 14.7 Å². The first-order chi connectivity index (χ1) is 8.54. The van der Waals surface area contributed by atoms with Gasteiger partial charge in [0.1, 0.15) is 6.04 Å². The van der Waals surface area contributed by atoms with E-state index in [0.717, 1.165) is 10.5 Å². The number of hydrogen-bond donors (Lipinski definition) is 1. The summed E-state index contributed by atoms with van der Waals surface area (Å²) in [4.78, 5) is 23.3. The summed E-state index contributed by atoms with van der Waals surface area (Å²) in [5.41, 5.74) is 0.865. The smallest absolute Gasteiger partial charge is 0.408 e. The highest BCUT2D eigenvalue weighted by Crippen LogP contribution is 2.14. The van der Waals surface area contributed by atoms with E-state index < -0.39 is 12.1 Å².